The van der Waals surface area contributed by atoms with Crippen molar-refractivity contribution >= 4 is 5.95 Å². The Hall–Kier alpha value is -1.36. The van der Waals surface area contributed by atoms with Crippen molar-refractivity contribution in [2.24, 2.45) is 5.73 Å². The smallest absolute Gasteiger partial charge is 0.228 e. The third-order valence-electron chi connectivity index (χ3n) is 3.36. The van der Waals surface area contributed by atoms with Crippen LogP contribution in [0.3, 0.4) is 0 Å². The minimum atomic E-state index is 0.129. The number of rotatable bonds is 5. The number of piperidine rings is 1. The molecule has 1 aliphatic rings. The van der Waals surface area contributed by atoms with E-state index in [4.69, 9.17) is 10.5 Å². The summed E-state index contributed by atoms with van der Waals surface area (Å²) in [5.74, 6) is 1.42. The molecule has 0 aliphatic carbocycles. The molecule has 19 heavy (non-hydrogen) atoms. The second-order valence-electron chi connectivity index (χ2n) is 5.28. The molecule has 1 fully saturated rings. The Bertz CT molecular complexity index is 395. The van der Waals surface area contributed by atoms with Crippen molar-refractivity contribution in [2.75, 3.05) is 18.0 Å². The quantitative estimate of drug-likeness (QED) is 0.881. The predicted octanol–water partition coefficient (Wildman–Crippen LogP) is 1.97. The van der Waals surface area contributed by atoms with Gasteiger partial charge >= 0.3 is 0 Å². The maximum absolute atomic E-state index is 5.70. The van der Waals surface area contributed by atoms with Gasteiger partial charge in [-0.15, -0.1) is 0 Å². The van der Waals surface area contributed by atoms with Crippen LogP contribution in [0.2, 0.25) is 0 Å². The maximum Gasteiger partial charge on any atom is 0.228 e. The lowest BCUT2D eigenvalue weighted by atomic mass is 10.00. The van der Waals surface area contributed by atoms with E-state index in [0.29, 0.717) is 18.5 Å². The van der Waals surface area contributed by atoms with E-state index >= 15 is 0 Å². The van der Waals surface area contributed by atoms with Crippen LogP contribution in [0, 0.1) is 0 Å². The van der Waals surface area contributed by atoms with Crippen LogP contribution in [0.25, 0.3) is 0 Å². The molecular formula is C14H24N4O. The minimum Gasteiger partial charge on any atom is -0.475 e. The summed E-state index contributed by atoms with van der Waals surface area (Å²) in [7, 11) is 0. The fourth-order valence-electron chi connectivity index (χ4n) is 2.53. The van der Waals surface area contributed by atoms with Crippen molar-refractivity contribution in [3.05, 3.63) is 12.3 Å². The first kappa shape index (κ1) is 14.1. The average molecular weight is 264 g/mol. The van der Waals surface area contributed by atoms with E-state index in [2.05, 4.69) is 14.9 Å². The molecule has 1 aromatic rings. The molecule has 2 rings (SSSR count). The number of hydrogen-bond acceptors (Lipinski definition) is 5. The van der Waals surface area contributed by atoms with Crippen molar-refractivity contribution in [2.45, 2.75) is 51.7 Å². The Morgan fingerprint density at radius 1 is 1.47 bits per heavy atom. The Morgan fingerprint density at radius 3 is 3.05 bits per heavy atom. The van der Waals surface area contributed by atoms with E-state index < -0.39 is 0 Å². The molecule has 5 heteroatoms. The van der Waals surface area contributed by atoms with Crippen molar-refractivity contribution < 1.29 is 4.74 Å². The summed E-state index contributed by atoms with van der Waals surface area (Å²) in [6.07, 6.45) is 6.54. The molecule has 0 bridgehead atoms. The van der Waals surface area contributed by atoms with Gasteiger partial charge in [-0.3, -0.25) is 0 Å². The monoisotopic (exact) mass is 264 g/mol. The van der Waals surface area contributed by atoms with Crippen LogP contribution in [-0.4, -0.2) is 35.2 Å². The summed E-state index contributed by atoms with van der Waals surface area (Å²) in [4.78, 5) is 11.2. The van der Waals surface area contributed by atoms with E-state index in [1.807, 2.05) is 19.9 Å². The molecule has 0 spiro atoms. The fourth-order valence-corrected chi connectivity index (χ4v) is 2.53. The van der Waals surface area contributed by atoms with Crippen LogP contribution in [0.15, 0.2) is 12.3 Å². The van der Waals surface area contributed by atoms with Gasteiger partial charge in [-0.05, 0) is 46.1 Å². The summed E-state index contributed by atoms with van der Waals surface area (Å²) in [5, 5.41) is 0. The van der Waals surface area contributed by atoms with Crippen LogP contribution in [0.1, 0.15) is 39.5 Å². The van der Waals surface area contributed by atoms with Crippen LogP contribution in [-0.2, 0) is 0 Å². The molecule has 0 amide bonds. The fraction of sp³-hybridized carbons (Fsp3) is 0.714. The molecule has 2 N–H and O–H groups in total. The molecular weight excluding hydrogens is 240 g/mol. The summed E-state index contributed by atoms with van der Waals surface area (Å²) < 4.78 is 5.64. The van der Waals surface area contributed by atoms with Crippen molar-refractivity contribution in [1.29, 1.82) is 0 Å². The van der Waals surface area contributed by atoms with Gasteiger partial charge in [-0.2, -0.15) is 4.98 Å². The zero-order valence-electron chi connectivity index (χ0n) is 11.9. The highest BCUT2D eigenvalue weighted by atomic mass is 16.5. The summed E-state index contributed by atoms with van der Waals surface area (Å²) in [6.45, 7) is 5.72. The van der Waals surface area contributed by atoms with Crippen LogP contribution in [0.4, 0.5) is 5.95 Å². The second-order valence-corrected chi connectivity index (χ2v) is 5.28. The molecule has 1 unspecified atom stereocenters. The van der Waals surface area contributed by atoms with E-state index in [9.17, 15) is 0 Å². The number of nitrogens with zero attached hydrogens (tertiary/aromatic N) is 3. The number of anilines is 1. The predicted molar refractivity (Wildman–Crippen MR) is 76.5 cm³/mol. The molecule has 1 aromatic heterocycles. The van der Waals surface area contributed by atoms with Gasteiger partial charge in [0.1, 0.15) is 0 Å². The second kappa shape index (κ2) is 6.70. The standard InChI is InChI=1S/C14H24N4O/c1-11(2)19-13-7-9-16-14(17-13)18-10-4-3-5-12(18)6-8-15/h7,9,11-12H,3-6,8,10,15H2,1-2H3. The molecule has 1 atom stereocenters. The SMILES string of the molecule is CC(C)Oc1ccnc(N2CCCCC2CCN)n1. The lowest BCUT2D eigenvalue weighted by Crippen LogP contribution is -2.41. The molecule has 0 radical (unpaired) electrons. The van der Waals surface area contributed by atoms with Gasteiger partial charge in [0.15, 0.2) is 0 Å². The third kappa shape index (κ3) is 3.80. The van der Waals surface area contributed by atoms with Crippen LogP contribution in [0.5, 0.6) is 5.88 Å². The molecule has 0 aromatic carbocycles. The van der Waals surface area contributed by atoms with Gasteiger partial charge in [0.05, 0.1) is 6.10 Å². The normalized spacial score (nSPS) is 19.8. The highest BCUT2D eigenvalue weighted by molar-refractivity contribution is 5.34. The molecule has 106 valence electrons. The summed E-state index contributed by atoms with van der Waals surface area (Å²) in [5.41, 5.74) is 5.70. The number of ether oxygens (including phenoxy) is 1. The lowest BCUT2D eigenvalue weighted by molar-refractivity contribution is 0.232. The zero-order chi connectivity index (χ0) is 13.7. The van der Waals surface area contributed by atoms with Crippen LogP contribution < -0.4 is 15.4 Å². The van der Waals surface area contributed by atoms with E-state index in [1.165, 1.54) is 19.3 Å². The van der Waals surface area contributed by atoms with E-state index in [0.717, 1.165) is 18.9 Å². The topological polar surface area (TPSA) is 64.3 Å². The lowest BCUT2D eigenvalue weighted by Gasteiger charge is -2.35. The van der Waals surface area contributed by atoms with Gasteiger partial charge in [0.2, 0.25) is 11.8 Å². The first-order valence-electron chi connectivity index (χ1n) is 7.17. The Labute approximate surface area is 115 Å². The van der Waals surface area contributed by atoms with Crippen molar-refractivity contribution in [3.8, 4) is 5.88 Å². The Kier molecular flexibility index (Phi) is 4.96. The highest BCUT2D eigenvalue weighted by Crippen LogP contribution is 2.24. The third-order valence-corrected chi connectivity index (χ3v) is 3.36. The maximum atomic E-state index is 5.70. The number of hydrogen-bond donors (Lipinski definition) is 1. The summed E-state index contributed by atoms with van der Waals surface area (Å²) in [6, 6.07) is 2.28. The first-order valence-corrected chi connectivity index (χ1v) is 7.17. The van der Waals surface area contributed by atoms with Gasteiger partial charge in [0.25, 0.3) is 0 Å². The van der Waals surface area contributed by atoms with Gasteiger partial charge in [-0.1, -0.05) is 0 Å². The first-order chi connectivity index (χ1) is 9.20. The number of nitrogens with two attached hydrogens (primary N) is 1. The van der Waals surface area contributed by atoms with Crippen molar-refractivity contribution in [3.63, 3.8) is 0 Å². The van der Waals surface area contributed by atoms with E-state index in [-0.39, 0.29) is 6.10 Å². The molecule has 0 saturated carbocycles. The molecule has 2 heterocycles. The van der Waals surface area contributed by atoms with Crippen LogP contribution >= 0.6 is 0 Å². The molecule has 5 nitrogen and oxygen atoms in total. The van der Waals surface area contributed by atoms with E-state index in [1.54, 1.807) is 6.20 Å². The van der Waals surface area contributed by atoms with Gasteiger partial charge in [0, 0.05) is 24.8 Å². The largest absolute Gasteiger partial charge is 0.475 e. The Morgan fingerprint density at radius 2 is 2.32 bits per heavy atom. The Balaban J connectivity index is 2.14. The molecule has 1 saturated heterocycles. The minimum absolute atomic E-state index is 0.129. The van der Waals surface area contributed by atoms with Gasteiger partial charge in [-0.25, -0.2) is 4.98 Å². The zero-order valence-corrected chi connectivity index (χ0v) is 11.9. The van der Waals surface area contributed by atoms with Crippen molar-refractivity contribution in [1.82, 2.24) is 9.97 Å². The highest BCUT2D eigenvalue weighted by Gasteiger charge is 2.24. The molecule has 1 aliphatic heterocycles. The van der Waals surface area contributed by atoms with Gasteiger partial charge < -0.3 is 15.4 Å². The average Bonchev–Trinajstić information content (AvgIpc) is 2.39. The summed E-state index contributed by atoms with van der Waals surface area (Å²) >= 11 is 0. The number of aromatic nitrogens is 2.